The van der Waals surface area contributed by atoms with Crippen molar-refractivity contribution in [2.45, 2.75) is 0 Å². The van der Waals surface area contributed by atoms with Crippen LogP contribution in [0.4, 0.5) is 5.69 Å². The predicted octanol–water partition coefficient (Wildman–Crippen LogP) is 3.69. The van der Waals surface area contributed by atoms with Crippen LogP contribution in [0.5, 0.6) is 5.75 Å². The third-order valence-electron chi connectivity index (χ3n) is 3.11. The van der Waals surface area contributed by atoms with Crippen LogP contribution in [-0.2, 0) is 0 Å². The summed E-state index contributed by atoms with van der Waals surface area (Å²) in [7, 11) is 0. The fourth-order valence-electron chi connectivity index (χ4n) is 1.98. The van der Waals surface area contributed by atoms with E-state index < -0.39 is 0 Å². The first-order valence-electron chi connectivity index (χ1n) is 6.54. The monoisotopic (exact) mass is 313 g/mol. The van der Waals surface area contributed by atoms with Gasteiger partial charge in [0.25, 0.3) is 5.91 Å². The van der Waals surface area contributed by atoms with Gasteiger partial charge in [-0.15, -0.1) is 0 Å². The third kappa shape index (κ3) is 2.94. The number of phenolic OH excluding ortho intramolecular Hbond substituents is 1. The van der Waals surface area contributed by atoms with Crippen molar-refractivity contribution in [2.75, 3.05) is 5.32 Å². The molecular formula is C16H12ClN3O2. The standard InChI is InChI=1S/C16H12ClN3O2/c17-11-7-5-10(6-8-11)13-9-14(20-19-13)16(22)18-12-3-1-2-4-15(12)21/h1-9,21H,(H,18,22)(H,19,20). The number of hydrogen-bond donors (Lipinski definition) is 3. The Kier molecular flexibility index (Phi) is 3.80. The lowest BCUT2D eigenvalue weighted by atomic mass is 10.1. The molecule has 22 heavy (non-hydrogen) atoms. The number of benzene rings is 2. The van der Waals surface area contributed by atoms with Crippen LogP contribution in [0, 0.1) is 0 Å². The summed E-state index contributed by atoms with van der Waals surface area (Å²) in [5.74, 6) is -0.373. The molecule has 110 valence electrons. The molecule has 6 heteroatoms. The van der Waals surface area contributed by atoms with Gasteiger partial charge in [0.05, 0.1) is 11.4 Å². The fourth-order valence-corrected chi connectivity index (χ4v) is 2.10. The largest absolute Gasteiger partial charge is 0.506 e. The number of aromatic amines is 1. The van der Waals surface area contributed by atoms with Gasteiger partial charge in [-0.25, -0.2) is 0 Å². The summed E-state index contributed by atoms with van der Waals surface area (Å²) in [6.45, 7) is 0. The molecule has 1 amide bonds. The van der Waals surface area contributed by atoms with Gasteiger partial charge >= 0.3 is 0 Å². The van der Waals surface area contributed by atoms with Crippen LogP contribution >= 0.6 is 11.6 Å². The molecule has 1 aromatic heterocycles. The van der Waals surface area contributed by atoms with Gasteiger partial charge in [-0.1, -0.05) is 35.9 Å². The Morgan fingerprint density at radius 1 is 1.14 bits per heavy atom. The SMILES string of the molecule is O=C(Nc1ccccc1O)c1cc(-c2ccc(Cl)cc2)n[nH]1. The highest BCUT2D eigenvalue weighted by molar-refractivity contribution is 6.30. The summed E-state index contributed by atoms with van der Waals surface area (Å²) in [6, 6.07) is 15.3. The summed E-state index contributed by atoms with van der Waals surface area (Å²) in [4.78, 5) is 12.2. The second-order valence-corrected chi connectivity index (χ2v) is 5.08. The number of nitrogens with one attached hydrogen (secondary N) is 2. The molecule has 0 radical (unpaired) electrons. The minimum absolute atomic E-state index is 0.00768. The van der Waals surface area contributed by atoms with Gasteiger partial charge in [-0.2, -0.15) is 5.10 Å². The van der Waals surface area contributed by atoms with Crippen molar-refractivity contribution in [2.24, 2.45) is 0 Å². The smallest absolute Gasteiger partial charge is 0.273 e. The van der Waals surface area contributed by atoms with Crippen LogP contribution in [0.15, 0.2) is 54.6 Å². The summed E-state index contributed by atoms with van der Waals surface area (Å²) >= 11 is 5.84. The van der Waals surface area contributed by atoms with Gasteiger partial charge in [0.2, 0.25) is 0 Å². The number of hydrogen-bond acceptors (Lipinski definition) is 3. The van der Waals surface area contributed by atoms with Crippen molar-refractivity contribution in [3.63, 3.8) is 0 Å². The molecule has 0 aliphatic rings. The number of amides is 1. The topological polar surface area (TPSA) is 78.0 Å². The number of rotatable bonds is 3. The first kappa shape index (κ1) is 14.2. The number of carbonyl (C=O) groups excluding carboxylic acids is 1. The second-order valence-electron chi connectivity index (χ2n) is 4.65. The molecule has 0 saturated carbocycles. The quantitative estimate of drug-likeness (QED) is 0.645. The first-order valence-corrected chi connectivity index (χ1v) is 6.92. The Hall–Kier alpha value is -2.79. The Balaban J connectivity index is 1.80. The minimum atomic E-state index is -0.380. The second kappa shape index (κ2) is 5.91. The Morgan fingerprint density at radius 3 is 2.59 bits per heavy atom. The van der Waals surface area contributed by atoms with Crippen LogP contribution in [0.1, 0.15) is 10.5 Å². The lowest BCUT2D eigenvalue weighted by Crippen LogP contribution is -2.12. The van der Waals surface area contributed by atoms with Gasteiger partial charge in [-0.05, 0) is 30.3 Å². The Morgan fingerprint density at radius 2 is 1.86 bits per heavy atom. The van der Waals surface area contributed by atoms with E-state index in [9.17, 15) is 9.90 Å². The van der Waals surface area contributed by atoms with Crippen molar-refractivity contribution in [1.82, 2.24) is 10.2 Å². The normalized spacial score (nSPS) is 10.4. The molecular weight excluding hydrogens is 302 g/mol. The van der Waals surface area contributed by atoms with Crippen molar-refractivity contribution < 1.29 is 9.90 Å². The highest BCUT2D eigenvalue weighted by atomic mass is 35.5. The van der Waals surface area contributed by atoms with E-state index in [1.165, 1.54) is 6.07 Å². The molecule has 0 aliphatic carbocycles. The molecule has 0 atom stereocenters. The molecule has 1 heterocycles. The number of aromatic nitrogens is 2. The molecule has 3 N–H and O–H groups in total. The van der Waals surface area contributed by atoms with Crippen LogP contribution in [-0.4, -0.2) is 21.2 Å². The van der Waals surface area contributed by atoms with Crippen molar-refractivity contribution >= 4 is 23.2 Å². The predicted molar refractivity (Wildman–Crippen MR) is 85.1 cm³/mol. The van der Waals surface area contributed by atoms with E-state index in [0.717, 1.165) is 5.56 Å². The molecule has 5 nitrogen and oxygen atoms in total. The van der Waals surface area contributed by atoms with E-state index in [0.29, 0.717) is 22.1 Å². The van der Waals surface area contributed by atoms with Crippen molar-refractivity contribution in [3.8, 4) is 17.0 Å². The number of H-pyrrole nitrogens is 1. The van der Waals surface area contributed by atoms with Gasteiger partial charge < -0.3 is 10.4 Å². The summed E-state index contributed by atoms with van der Waals surface area (Å²) in [5, 5.41) is 19.7. The molecule has 3 rings (SSSR count). The van der Waals surface area contributed by atoms with E-state index in [2.05, 4.69) is 15.5 Å². The summed E-state index contributed by atoms with van der Waals surface area (Å²) < 4.78 is 0. The molecule has 0 unspecified atom stereocenters. The minimum Gasteiger partial charge on any atom is -0.506 e. The van der Waals surface area contributed by atoms with Crippen LogP contribution in [0.2, 0.25) is 5.02 Å². The van der Waals surface area contributed by atoms with E-state index >= 15 is 0 Å². The number of aromatic hydroxyl groups is 1. The number of anilines is 1. The highest BCUT2D eigenvalue weighted by Gasteiger charge is 2.12. The molecule has 0 spiro atoms. The molecule has 3 aromatic rings. The van der Waals surface area contributed by atoms with Crippen molar-refractivity contribution in [1.29, 1.82) is 0 Å². The Labute approximate surface area is 131 Å². The number of halogens is 1. The first-order chi connectivity index (χ1) is 10.6. The maximum absolute atomic E-state index is 12.2. The number of para-hydroxylation sites is 2. The molecule has 0 bridgehead atoms. The maximum Gasteiger partial charge on any atom is 0.273 e. The molecule has 2 aromatic carbocycles. The zero-order valence-corrected chi connectivity index (χ0v) is 12.1. The van der Waals surface area contributed by atoms with E-state index in [4.69, 9.17) is 11.6 Å². The van der Waals surface area contributed by atoms with Crippen LogP contribution < -0.4 is 5.32 Å². The van der Waals surface area contributed by atoms with Gasteiger partial charge in [0.1, 0.15) is 11.4 Å². The third-order valence-corrected chi connectivity index (χ3v) is 3.37. The number of carbonyl (C=O) groups is 1. The Bertz CT molecular complexity index is 812. The van der Waals surface area contributed by atoms with Crippen molar-refractivity contribution in [3.05, 3.63) is 65.3 Å². The molecule has 0 aliphatic heterocycles. The van der Waals surface area contributed by atoms with Crippen LogP contribution in [0.25, 0.3) is 11.3 Å². The van der Waals surface area contributed by atoms with Crippen LogP contribution in [0.3, 0.4) is 0 Å². The molecule has 0 fully saturated rings. The number of phenols is 1. The highest BCUT2D eigenvalue weighted by Crippen LogP contribution is 2.23. The average Bonchev–Trinajstić information content (AvgIpc) is 3.00. The average molecular weight is 314 g/mol. The lowest BCUT2D eigenvalue weighted by Gasteiger charge is -2.04. The lowest BCUT2D eigenvalue weighted by molar-refractivity contribution is 0.102. The number of nitrogens with zero attached hydrogens (tertiary/aromatic N) is 1. The zero-order chi connectivity index (χ0) is 15.5. The molecule has 0 saturated heterocycles. The van der Waals surface area contributed by atoms with Gasteiger partial charge in [-0.3, -0.25) is 9.89 Å². The summed E-state index contributed by atoms with van der Waals surface area (Å²) in [5.41, 5.74) is 2.13. The zero-order valence-electron chi connectivity index (χ0n) is 11.4. The summed E-state index contributed by atoms with van der Waals surface area (Å²) in [6.07, 6.45) is 0. The van der Waals surface area contributed by atoms with E-state index in [-0.39, 0.29) is 11.7 Å². The van der Waals surface area contributed by atoms with E-state index in [1.807, 2.05) is 12.1 Å². The van der Waals surface area contributed by atoms with Gasteiger partial charge in [0.15, 0.2) is 0 Å². The van der Waals surface area contributed by atoms with E-state index in [1.54, 1.807) is 36.4 Å². The fraction of sp³-hybridized carbons (Fsp3) is 0. The van der Waals surface area contributed by atoms with Gasteiger partial charge in [0, 0.05) is 10.6 Å². The maximum atomic E-state index is 12.2.